The zero-order valence-electron chi connectivity index (χ0n) is 10.6. The molecule has 2 aromatic carbocycles. The topological polar surface area (TPSA) is 21.3 Å². The second-order valence-corrected chi connectivity index (χ2v) is 4.26. The summed E-state index contributed by atoms with van der Waals surface area (Å²) in [6.07, 6.45) is 0. The van der Waals surface area contributed by atoms with Gasteiger partial charge < -0.3 is 10.1 Å². The summed E-state index contributed by atoms with van der Waals surface area (Å²) in [6, 6.07) is 11.2. The first-order valence-corrected chi connectivity index (χ1v) is 5.94. The quantitative estimate of drug-likeness (QED) is 0.887. The van der Waals surface area contributed by atoms with Crippen molar-refractivity contribution in [3.8, 4) is 0 Å². The predicted octanol–water partition coefficient (Wildman–Crippen LogP) is 3.72. The number of rotatable bonds is 5. The lowest BCUT2D eigenvalue weighted by Crippen LogP contribution is -2.01. The average molecular weight is 263 g/mol. The van der Waals surface area contributed by atoms with E-state index >= 15 is 0 Å². The van der Waals surface area contributed by atoms with Gasteiger partial charge in [-0.25, -0.2) is 8.78 Å². The van der Waals surface area contributed by atoms with Crippen LogP contribution < -0.4 is 5.32 Å². The molecule has 100 valence electrons. The molecule has 0 aliphatic heterocycles. The molecule has 0 fully saturated rings. The van der Waals surface area contributed by atoms with Gasteiger partial charge >= 0.3 is 0 Å². The van der Waals surface area contributed by atoms with Gasteiger partial charge in [-0.2, -0.15) is 0 Å². The Labute approximate surface area is 111 Å². The minimum absolute atomic E-state index is 0.426. The third kappa shape index (κ3) is 4.03. The van der Waals surface area contributed by atoms with Crippen LogP contribution in [0.1, 0.15) is 11.1 Å². The highest BCUT2D eigenvalue weighted by molar-refractivity contribution is 5.44. The van der Waals surface area contributed by atoms with Gasteiger partial charge in [0.05, 0.1) is 6.61 Å². The van der Waals surface area contributed by atoms with E-state index in [1.165, 1.54) is 12.1 Å². The van der Waals surface area contributed by atoms with E-state index in [2.05, 4.69) is 5.32 Å². The number of benzene rings is 2. The van der Waals surface area contributed by atoms with Gasteiger partial charge in [0.1, 0.15) is 11.6 Å². The lowest BCUT2D eigenvalue weighted by molar-refractivity contribution is 0.185. The summed E-state index contributed by atoms with van der Waals surface area (Å²) in [7, 11) is 1.64. The molecule has 0 atom stereocenters. The van der Waals surface area contributed by atoms with Crippen molar-refractivity contribution in [2.24, 2.45) is 0 Å². The van der Waals surface area contributed by atoms with Crippen LogP contribution in [0.15, 0.2) is 42.5 Å². The van der Waals surface area contributed by atoms with E-state index < -0.39 is 11.6 Å². The Balaban J connectivity index is 2.03. The minimum Gasteiger partial charge on any atom is -0.381 e. The van der Waals surface area contributed by atoms with Gasteiger partial charge in [0.25, 0.3) is 0 Å². The van der Waals surface area contributed by atoms with Crippen molar-refractivity contribution in [1.29, 1.82) is 0 Å². The van der Waals surface area contributed by atoms with Crippen molar-refractivity contribution in [1.82, 2.24) is 0 Å². The van der Waals surface area contributed by atoms with Crippen LogP contribution >= 0.6 is 0 Å². The summed E-state index contributed by atoms with van der Waals surface area (Å²) < 4.78 is 31.1. The number of ether oxygens (including phenoxy) is 1. The standard InChI is InChI=1S/C15H15F2NO/c1-19-10-12-4-2-3-11(5-12)9-18-15-7-13(16)6-14(17)8-15/h2-8,18H,9-10H2,1H3. The molecular formula is C15H15F2NO. The van der Waals surface area contributed by atoms with Crippen molar-refractivity contribution in [3.63, 3.8) is 0 Å². The fourth-order valence-corrected chi connectivity index (χ4v) is 1.86. The molecule has 0 amide bonds. The molecule has 2 nitrogen and oxygen atoms in total. The van der Waals surface area contributed by atoms with E-state index in [4.69, 9.17) is 4.74 Å². The fourth-order valence-electron chi connectivity index (χ4n) is 1.86. The van der Waals surface area contributed by atoms with Crippen LogP contribution in [0, 0.1) is 11.6 Å². The molecule has 1 N–H and O–H groups in total. The van der Waals surface area contributed by atoms with Crippen molar-refractivity contribution >= 4 is 5.69 Å². The summed E-state index contributed by atoms with van der Waals surface area (Å²) >= 11 is 0. The molecule has 0 bridgehead atoms. The maximum absolute atomic E-state index is 13.0. The predicted molar refractivity (Wildman–Crippen MR) is 70.8 cm³/mol. The maximum Gasteiger partial charge on any atom is 0.128 e. The van der Waals surface area contributed by atoms with Gasteiger partial charge in [-0.05, 0) is 23.3 Å². The van der Waals surface area contributed by atoms with E-state index in [9.17, 15) is 8.78 Å². The molecule has 2 aromatic rings. The largest absolute Gasteiger partial charge is 0.381 e. The summed E-state index contributed by atoms with van der Waals surface area (Å²) in [4.78, 5) is 0. The molecule has 0 heterocycles. The average Bonchev–Trinajstić information content (AvgIpc) is 2.36. The molecule has 0 unspecified atom stereocenters. The Bertz CT molecular complexity index is 537. The van der Waals surface area contributed by atoms with Gasteiger partial charge in [-0.15, -0.1) is 0 Å². The zero-order chi connectivity index (χ0) is 13.7. The molecular weight excluding hydrogens is 248 g/mol. The van der Waals surface area contributed by atoms with Crippen molar-refractivity contribution < 1.29 is 13.5 Å². The van der Waals surface area contributed by atoms with Gasteiger partial charge in [-0.1, -0.05) is 24.3 Å². The van der Waals surface area contributed by atoms with Crippen molar-refractivity contribution in [3.05, 3.63) is 65.2 Å². The Kier molecular flexibility index (Phi) is 4.47. The smallest absolute Gasteiger partial charge is 0.128 e. The third-order valence-electron chi connectivity index (χ3n) is 2.66. The first-order valence-electron chi connectivity index (χ1n) is 5.94. The summed E-state index contributed by atoms with van der Waals surface area (Å²) in [5.41, 5.74) is 2.51. The van der Waals surface area contributed by atoms with Crippen LogP contribution in [-0.4, -0.2) is 7.11 Å². The molecule has 0 saturated heterocycles. The Hall–Kier alpha value is -1.94. The van der Waals surface area contributed by atoms with Gasteiger partial charge in [-0.3, -0.25) is 0 Å². The second kappa shape index (κ2) is 6.29. The number of hydrogen-bond donors (Lipinski definition) is 1. The summed E-state index contributed by atoms with van der Waals surface area (Å²) in [5, 5.41) is 2.99. The number of nitrogens with one attached hydrogen (secondary N) is 1. The molecule has 0 aromatic heterocycles. The summed E-state index contributed by atoms with van der Waals surface area (Å²) in [5.74, 6) is -1.17. The highest BCUT2D eigenvalue weighted by Gasteiger charge is 2.01. The molecule has 0 aliphatic rings. The molecule has 4 heteroatoms. The zero-order valence-corrected chi connectivity index (χ0v) is 10.6. The Morgan fingerprint density at radius 3 is 2.37 bits per heavy atom. The van der Waals surface area contributed by atoms with Gasteiger partial charge in [0.15, 0.2) is 0 Å². The van der Waals surface area contributed by atoms with Crippen molar-refractivity contribution in [2.45, 2.75) is 13.2 Å². The molecule has 0 radical (unpaired) electrons. The van der Waals surface area contributed by atoms with Crippen LogP contribution in [0.3, 0.4) is 0 Å². The van der Waals surface area contributed by atoms with E-state index in [0.717, 1.165) is 17.2 Å². The monoisotopic (exact) mass is 263 g/mol. The van der Waals surface area contributed by atoms with E-state index in [0.29, 0.717) is 18.8 Å². The SMILES string of the molecule is COCc1cccc(CNc2cc(F)cc(F)c2)c1. The molecule has 19 heavy (non-hydrogen) atoms. The molecule has 0 spiro atoms. The second-order valence-electron chi connectivity index (χ2n) is 4.26. The van der Waals surface area contributed by atoms with E-state index in [-0.39, 0.29) is 0 Å². The maximum atomic E-state index is 13.0. The number of hydrogen-bond acceptors (Lipinski definition) is 2. The number of anilines is 1. The highest BCUT2D eigenvalue weighted by Crippen LogP contribution is 2.14. The highest BCUT2D eigenvalue weighted by atomic mass is 19.1. The first kappa shape index (κ1) is 13.5. The molecule has 0 saturated carbocycles. The van der Waals surface area contributed by atoms with Gasteiger partial charge in [0.2, 0.25) is 0 Å². The van der Waals surface area contributed by atoms with Crippen LogP contribution in [0.2, 0.25) is 0 Å². The van der Waals surface area contributed by atoms with Crippen molar-refractivity contribution in [2.75, 3.05) is 12.4 Å². The van der Waals surface area contributed by atoms with E-state index in [1.807, 2.05) is 24.3 Å². The van der Waals surface area contributed by atoms with Crippen LogP contribution in [0.25, 0.3) is 0 Å². The van der Waals surface area contributed by atoms with Gasteiger partial charge in [0, 0.05) is 25.4 Å². The lowest BCUT2D eigenvalue weighted by atomic mass is 10.1. The number of methoxy groups -OCH3 is 1. The lowest BCUT2D eigenvalue weighted by Gasteiger charge is -2.08. The Morgan fingerprint density at radius 1 is 1.00 bits per heavy atom. The van der Waals surface area contributed by atoms with Crippen LogP contribution in [0.5, 0.6) is 0 Å². The molecule has 2 rings (SSSR count). The molecule has 0 aliphatic carbocycles. The third-order valence-corrected chi connectivity index (χ3v) is 2.66. The minimum atomic E-state index is -0.587. The summed E-state index contributed by atoms with van der Waals surface area (Å²) in [6.45, 7) is 1.04. The first-order chi connectivity index (χ1) is 9.17. The van der Waals surface area contributed by atoms with Crippen LogP contribution in [0.4, 0.5) is 14.5 Å². The number of halogens is 2. The Morgan fingerprint density at radius 2 is 1.68 bits per heavy atom. The normalized spacial score (nSPS) is 10.5. The fraction of sp³-hybridized carbons (Fsp3) is 0.200. The van der Waals surface area contributed by atoms with E-state index in [1.54, 1.807) is 7.11 Å². The van der Waals surface area contributed by atoms with Crippen LogP contribution in [-0.2, 0) is 17.9 Å².